The van der Waals surface area contributed by atoms with Crippen LogP contribution in [0.4, 0.5) is 0 Å². The smallest absolute Gasteiger partial charge is 0.118 e. The molecule has 134 valence electrons. The first-order valence-corrected chi connectivity index (χ1v) is 10.0. The van der Waals surface area contributed by atoms with Crippen LogP contribution >= 0.6 is 7.92 Å². The molecule has 3 aromatic carbocycles. The second-order valence-electron chi connectivity index (χ2n) is 6.45. The van der Waals surface area contributed by atoms with Crippen molar-refractivity contribution in [2.75, 3.05) is 14.2 Å². The molecule has 2 nitrogen and oxygen atoms in total. The highest BCUT2D eigenvalue weighted by molar-refractivity contribution is 7.79. The Morgan fingerprint density at radius 3 is 1.42 bits per heavy atom. The summed E-state index contributed by atoms with van der Waals surface area (Å²) in [5.74, 6) is 1.77. The number of rotatable bonds is 5. The lowest BCUT2D eigenvalue weighted by molar-refractivity contribution is 0.415. The minimum absolute atomic E-state index is 0.641. The summed E-state index contributed by atoms with van der Waals surface area (Å²) >= 11 is 0. The van der Waals surface area contributed by atoms with Gasteiger partial charge in [0.15, 0.2) is 0 Å². The lowest BCUT2D eigenvalue weighted by Crippen LogP contribution is -2.23. The Hall–Kier alpha value is -2.31. The molecule has 26 heavy (non-hydrogen) atoms. The van der Waals surface area contributed by atoms with Crippen LogP contribution in [0.3, 0.4) is 0 Å². The monoisotopic (exact) mass is 364 g/mol. The number of hydrogen-bond acceptors (Lipinski definition) is 2. The van der Waals surface area contributed by atoms with Gasteiger partial charge < -0.3 is 9.47 Å². The Kier molecular flexibility index (Phi) is 5.64. The Labute approximate surface area is 157 Å². The Balaban J connectivity index is 2.16. The van der Waals surface area contributed by atoms with Gasteiger partial charge in [0.2, 0.25) is 0 Å². The summed E-state index contributed by atoms with van der Waals surface area (Å²) < 4.78 is 10.7. The fraction of sp³-hybridized carbons (Fsp3) is 0.217. The van der Waals surface area contributed by atoms with Gasteiger partial charge in [0, 0.05) is 0 Å². The molecule has 0 saturated carbocycles. The van der Waals surface area contributed by atoms with Crippen molar-refractivity contribution in [3.63, 3.8) is 0 Å². The van der Waals surface area contributed by atoms with Gasteiger partial charge in [-0.1, -0.05) is 36.4 Å². The van der Waals surface area contributed by atoms with Gasteiger partial charge in [0.25, 0.3) is 0 Å². The van der Waals surface area contributed by atoms with Crippen molar-refractivity contribution >= 4 is 23.8 Å². The average Bonchev–Trinajstić information content (AvgIpc) is 2.67. The number of ether oxygens (including phenoxy) is 2. The first-order chi connectivity index (χ1) is 12.5. The molecule has 3 heteroatoms. The highest BCUT2D eigenvalue weighted by Crippen LogP contribution is 2.36. The highest BCUT2D eigenvalue weighted by atomic mass is 31.1. The van der Waals surface area contributed by atoms with Gasteiger partial charge in [-0.15, -0.1) is 0 Å². The molecule has 0 aromatic heterocycles. The molecule has 0 heterocycles. The third-order valence-corrected chi connectivity index (χ3v) is 7.31. The van der Waals surface area contributed by atoms with Crippen molar-refractivity contribution < 1.29 is 9.47 Å². The number of aryl methyl sites for hydroxylation is 3. The lowest BCUT2D eigenvalue weighted by Gasteiger charge is -2.23. The van der Waals surface area contributed by atoms with E-state index in [2.05, 4.69) is 57.2 Å². The van der Waals surface area contributed by atoms with E-state index in [4.69, 9.17) is 9.47 Å². The summed E-state index contributed by atoms with van der Waals surface area (Å²) in [6, 6.07) is 21.6. The van der Waals surface area contributed by atoms with Gasteiger partial charge in [-0.2, -0.15) is 0 Å². The van der Waals surface area contributed by atoms with Crippen LogP contribution in [0.1, 0.15) is 16.7 Å². The molecule has 0 bridgehead atoms. The Bertz CT molecular complexity index is 836. The van der Waals surface area contributed by atoms with E-state index in [9.17, 15) is 0 Å². The van der Waals surface area contributed by atoms with E-state index in [1.165, 1.54) is 32.6 Å². The molecule has 0 aliphatic rings. The maximum absolute atomic E-state index is 5.34. The van der Waals surface area contributed by atoms with E-state index in [1.54, 1.807) is 14.2 Å². The van der Waals surface area contributed by atoms with Crippen molar-refractivity contribution in [1.82, 2.24) is 0 Å². The predicted octanol–water partition coefficient (Wildman–Crippen LogP) is 4.39. The van der Waals surface area contributed by atoms with Crippen LogP contribution < -0.4 is 25.4 Å². The highest BCUT2D eigenvalue weighted by Gasteiger charge is 2.19. The van der Waals surface area contributed by atoms with E-state index in [0.717, 1.165) is 11.5 Å². The van der Waals surface area contributed by atoms with Gasteiger partial charge >= 0.3 is 0 Å². The first kappa shape index (κ1) is 18.5. The Morgan fingerprint density at radius 2 is 1.00 bits per heavy atom. The van der Waals surface area contributed by atoms with E-state index in [0.29, 0.717) is 0 Å². The van der Waals surface area contributed by atoms with Gasteiger partial charge in [0.05, 0.1) is 14.2 Å². The molecule has 0 saturated heterocycles. The molecule has 0 atom stereocenters. The second-order valence-corrected chi connectivity index (χ2v) is 8.64. The van der Waals surface area contributed by atoms with Crippen molar-refractivity contribution in [3.05, 3.63) is 77.4 Å². The van der Waals surface area contributed by atoms with Crippen LogP contribution in [-0.2, 0) is 0 Å². The zero-order valence-corrected chi connectivity index (χ0v) is 16.9. The van der Waals surface area contributed by atoms with Gasteiger partial charge in [-0.05, 0) is 85.6 Å². The molecule has 3 rings (SSSR count). The molecule has 0 aliphatic carbocycles. The van der Waals surface area contributed by atoms with Crippen LogP contribution in [0.5, 0.6) is 11.5 Å². The molecular formula is C23H25O2P. The third kappa shape index (κ3) is 3.76. The average molecular weight is 364 g/mol. The van der Waals surface area contributed by atoms with Crippen molar-refractivity contribution in [1.29, 1.82) is 0 Å². The second kappa shape index (κ2) is 7.93. The minimum Gasteiger partial charge on any atom is -0.497 e. The van der Waals surface area contributed by atoms with Crippen LogP contribution in [0.15, 0.2) is 60.7 Å². The van der Waals surface area contributed by atoms with E-state index < -0.39 is 7.92 Å². The minimum atomic E-state index is -0.641. The standard InChI is InChI=1S/C23H25O2P/c1-16-14-18(3)23(15-17(16)2)26(21-10-6-19(24-4)7-11-21)22-12-8-20(25-5)9-13-22/h6-15H,1-5H3. The summed E-state index contributed by atoms with van der Waals surface area (Å²) in [5.41, 5.74) is 4.01. The van der Waals surface area contributed by atoms with Crippen LogP contribution in [0.25, 0.3) is 0 Å². The Morgan fingerprint density at radius 1 is 0.577 bits per heavy atom. The van der Waals surface area contributed by atoms with Gasteiger partial charge in [-0.25, -0.2) is 0 Å². The number of methoxy groups -OCH3 is 2. The van der Waals surface area contributed by atoms with Crippen LogP contribution in [-0.4, -0.2) is 14.2 Å². The molecule has 3 aromatic rings. The van der Waals surface area contributed by atoms with Crippen molar-refractivity contribution in [3.8, 4) is 11.5 Å². The summed E-state index contributed by atoms with van der Waals surface area (Å²) in [7, 11) is 2.76. The summed E-state index contributed by atoms with van der Waals surface area (Å²) in [6.45, 7) is 6.58. The topological polar surface area (TPSA) is 18.5 Å². The van der Waals surface area contributed by atoms with Crippen LogP contribution in [0.2, 0.25) is 0 Å². The SMILES string of the molecule is COc1ccc(P(c2ccc(OC)cc2)c2cc(C)c(C)cc2C)cc1. The maximum Gasteiger partial charge on any atom is 0.118 e. The van der Waals surface area contributed by atoms with E-state index in [-0.39, 0.29) is 0 Å². The van der Waals surface area contributed by atoms with Crippen LogP contribution in [0, 0.1) is 20.8 Å². The zero-order valence-electron chi connectivity index (χ0n) is 16.0. The summed E-state index contributed by atoms with van der Waals surface area (Å²) in [4.78, 5) is 0. The molecule has 0 unspecified atom stereocenters. The summed E-state index contributed by atoms with van der Waals surface area (Å²) in [5, 5.41) is 4.04. The molecule has 0 N–H and O–H groups in total. The normalized spacial score (nSPS) is 10.8. The van der Waals surface area contributed by atoms with Crippen molar-refractivity contribution in [2.24, 2.45) is 0 Å². The summed E-state index contributed by atoms with van der Waals surface area (Å²) in [6.07, 6.45) is 0. The fourth-order valence-corrected chi connectivity index (χ4v) is 5.56. The van der Waals surface area contributed by atoms with E-state index in [1.807, 2.05) is 24.3 Å². The molecule has 0 spiro atoms. The molecule has 0 aliphatic heterocycles. The number of hydrogen-bond donors (Lipinski definition) is 0. The molecule has 0 fully saturated rings. The molecular weight excluding hydrogens is 339 g/mol. The third-order valence-electron chi connectivity index (χ3n) is 4.71. The molecule has 0 amide bonds. The lowest BCUT2D eigenvalue weighted by atomic mass is 10.1. The first-order valence-electron chi connectivity index (χ1n) is 8.69. The zero-order chi connectivity index (χ0) is 18.7. The quantitative estimate of drug-likeness (QED) is 0.625. The van der Waals surface area contributed by atoms with E-state index >= 15 is 0 Å². The maximum atomic E-state index is 5.34. The largest absolute Gasteiger partial charge is 0.497 e. The van der Waals surface area contributed by atoms with Gasteiger partial charge in [-0.3, -0.25) is 0 Å². The molecule has 0 radical (unpaired) electrons. The number of benzene rings is 3. The predicted molar refractivity (Wildman–Crippen MR) is 112 cm³/mol. The van der Waals surface area contributed by atoms with Gasteiger partial charge in [0.1, 0.15) is 11.5 Å². The fourth-order valence-electron chi connectivity index (χ4n) is 3.08. The van der Waals surface area contributed by atoms with Crippen molar-refractivity contribution in [2.45, 2.75) is 20.8 Å².